The zero-order chi connectivity index (χ0) is 75.3. The molecule has 584 valence electrons. The molecule has 0 radical (unpaired) electrons. The van der Waals surface area contributed by atoms with Crippen LogP contribution >= 0.6 is 23.2 Å². The number of nitrogens with one attached hydrogen (secondary N) is 4. The Morgan fingerprint density at radius 1 is 0.449 bits per heavy atom. The first-order chi connectivity index (χ1) is 52.4. The van der Waals surface area contributed by atoms with Crippen molar-refractivity contribution in [2.75, 3.05) is 260 Å². The van der Waals surface area contributed by atoms with Crippen molar-refractivity contribution in [2.24, 2.45) is 16.5 Å². The van der Waals surface area contributed by atoms with Gasteiger partial charge in [-0.15, -0.1) is 0 Å². The average molecular weight is 1530 g/mol. The van der Waals surface area contributed by atoms with Crippen LogP contribution in [-0.4, -0.2) is 310 Å². The number of hydrogen-bond acceptors (Lipinski definition) is 25. The third kappa shape index (κ3) is 32.7. The summed E-state index contributed by atoms with van der Waals surface area (Å²) in [5.41, 5.74) is 18.3. The minimum atomic E-state index is -0.321. The molecule has 2 aliphatic heterocycles. The third-order valence-electron chi connectivity index (χ3n) is 16.9. The molecule has 32 heteroatoms. The first-order valence-electron chi connectivity index (χ1n) is 36.4. The lowest BCUT2D eigenvalue weighted by atomic mass is 10.0. The summed E-state index contributed by atoms with van der Waals surface area (Å²) < 4.78 is 72.9. The van der Waals surface area contributed by atoms with E-state index in [-0.39, 0.29) is 42.0 Å². The first kappa shape index (κ1) is 85.0. The lowest BCUT2D eigenvalue weighted by Gasteiger charge is -2.36. The topological polar surface area (TPSA) is 355 Å². The van der Waals surface area contributed by atoms with Gasteiger partial charge in [-0.3, -0.25) is 30.2 Å². The average Bonchev–Trinajstić information content (AvgIpc) is 0.784. The van der Waals surface area contributed by atoms with E-state index in [0.29, 0.717) is 218 Å². The Bertz CT molecular complexity index is 3690. The molecule has 6 aromatic rings. The molecule has 107 heavy (non-hydrogen) atoms. The number of halogens is 2. The number of aliphatic imine (C=N–C) groups is 1. The van der Waals surface area contributed by atoms with Crippen molar-refractivity contribution in [1.29, 1.82) is 10.8 Å². The van der Waals surface area contributed by atoms with E-state index in [9.17, 15) is 9.59 Å². The van der Waals surface area contributed by atoms with E-state index >= 15 is 0 Å². The Morgan fingerprint density at radius 2 is 0.804 bits per heavy atom. The van der Waals surface area contributed by atoms with Crippen molar-refractivity contribution in [1.82, 2.24) is 40.4 Å². The second kappa shape index (κ2) is 50.2. The minimum Gasteiger partial charge on any atom is -0.384 e. The highest BCUT2D eigenvalue weighted by atomic mass is 35.5. The van der Waals surface area contributed by atoms with Crippen LogP contribution in [0.5, 0.6) is 0 Å². The van der Waals surface area contributed by atoms with Gasteiger partial charge in [0.2, 0.25) is 17.8 Å². The van der Waals surface area contributed by atoms with Gasteiger partial charge in [0.25, 0.3) is 0 Å². The predicted octanol–water partition coefficient (Wildman–Crippen LogP) is 5.65. The van der Waals surface area contributed by atoms with Crippen LogP contribution in [0.2, 0.25) is 10.0 Å². The maximum Gasteiger partial charge on any atom is 0.222 e. The molecule has 30 nitrogen and oxygen atoms in total. The molecule has 2 saturated heterocycles. The number of fused-ring (bicyclic) bond motifs is 2. The molecule has 8 rings (SSSR count). The largest absolute Gasteiger partial charge is 0.384 e. The van der Waals surface area contributed by atoms with Crippen molar-refractivity contribution in [3.05, 3.63) is 113 Å². The number of guanidine groups is 1. The van der Waals surface area contributed by atoms with Crippen LogP contribution in [0.4, 0.5) is 11.4 Å². The van der Waals surface area contributed by atoms with Gasteiger partial charge >= 0.3 is 0 Å². The predicted molar refractivity (Wildman–Crippen MR) is 414 cm³/mol. The molecule has 0 saturated carbocycles. The van der Waals surface area contributed by atoms with Crippen LogP contribution in [0.3, 0.4) is 0 Å². The maximum absolute atomic E-state index is 12.2. The molecule has 2 amide bonds. The van der Waals surface area contributed by atoms with Gasteiger partial charge in [0.05, 0.1) is 206 Å². The minimum absolute atomic E-state index is 0.108. The number of carbonyl (C=O) groups is 2. The lowest BCUT2D eigenvalue weighted by molar-refractivity contribution is -0.123. The Kier molecular flexibility index (Phi) is 39.9. The molecular weight excluding hydrogens is 1420 g/mol. The van der Waals surface area contributed by atoms with E-state index in [1.165, 1.54) is 6.21 Å². The van der Waals surface area contributed by atoms with Crippen molar-refractivity contribution in [3.8, 4) is 22.5 Å². The number of amidine groups is 1. The molecule has 4 aromatic carbocycles. The van der Waals surface area contributed by atoms with Gasteiger partial charge in [0.15, 0.2) is 11.6 Å². The summed E-state index contributed by atoms with van der Waals surface area (Å²) in [6, 6.07) is 27.5. The molecule has 8 N–H and O–H groups in total. The Hall–Kier alpha value is -7.57. The number of benzene rings is 4. The molecule has 4 heterocycles. The number of ether oxygens (including phenoxy) is 13. The molecule has 0 bridgehead atoms. The Balaban J connectivity index is 0.485. The van der Waals surface area contributed by atoms with Gasteiger partial charge < -0.3 is 93.5 Å². The van der Waals surface area contributed by atoms with Crippen LogP contribution in [0.15, 0.2) is 96.5 Å². The molecule has 0 spiro atoms. The number of carbonyl (C=O) groups excluding carboxylic acids is 2. The number of rotatable bonds is 55. The number of piperazine rings is 2. The second-order valence-corrected chi connectivity index (χ2v) is 25.5. The van der Waals surface area contributed by atoms with Crippen molar-refractivity contribution in [2.45, 2.75) is 12.8 Å². The molecule has 0 atom stereocenters. The summed E-state index contributed by atoms with van der Waals surface area (Å²) in [6.45, 7) is 24.8. The zero-order valence-corrected chi connectivity index (χ0v) is 62.7. The molecule has 0 aliphatic carbocycles. The van der Waals surface area contributed by atoms with Gasteiger partial charge in [-0.05, 0) is 60.7 Å². The SMILES string of the molecule is C=C(C(=N)N)c1nc(-c2cccc(N3CCN(CCOCCOCCOCCNC(=O)CCOCCOCCOCCOCCOCCOCCOCCC(=O)NCCOCCOCCOCCN4CCN(c5cccc(-c6nc(C=NC(=N)N)nc7ccc(Cl)cc67)c5)CC4)CC3)c2)c2cc(Cl)ccc2n1. The number of hydrogen-bond donors (Lipinski definition) is 6. The van der Waals surface area contributed by atoms with Crippen LogP contribution in [0, 0.1) is 10.8 Å². The van der Waals surface area contributed by atoms with Crippen LogP contribution in [0.25, 0.3) is 49.9 Å². The van der Waals surface area contributed by atoms with Crippen LogP contribution in [-0.2, 0) is 71.2 Å². The lowest BCUT2D eigenvalue weighted by Crippen LogP contribution is -2.47. The molecule has 0 unspecified atom stereocenters. The fourth-order valence-electron chi connectivity index (χ4n) is 11.2. The summed E-state index contributed by atoms with van der Waals surface area (Å²) in [4.78, 5) is 56.4. The molecule has 2 aromatic heterocycles. The van der Waals surface area contributed by atoms with Crippen molar-refractivity contribution < 1.29 is 71.2 Å². The van der Waals surface area contributed by atoms with E-state index in [1.807, 2.05) is 48.5 Å². The van der Waals surface area contributed by atoms with Gasteiger partial charge in [-0.1, -0.05) is 54.0 Å². The van der Waals surface area contributed by atoms with Crippen LogP contribution in [0.1, 0.15) is 24.5 Å². The Labute approximate surface area is 636 Å². The smallest absolute Gasteiger partial charge is 0.222 e. The Morgan fingerprint density at radius 3 is 1.19 bits per heavy atom. The van der Waals surface area contributed by atoms with E-state index < -0.39 is 0 Å². The highest BCUT2D eigenvalue weighted by molar-refractivity contribution is 6.32. The number of nitrogens with two attached hydrogens (primary N) is 2. The normalized spacial score (nSPS) is 13.7. The monoisotopic (exact) mass is 1530 g/mol. The van der Waals surface area contributed by atoms with Crippen molar-refractivity contribution >= 4 is 91.8 Å². The molecular formula is C75H105Cl2N15O15. The number of aromatic nitrogens is 4. The van der Waals surface area contributed by atoms with E-state index in [1.54, 1.807) is 12.1 Å². The van der Waals surface area contributed by atoms with E-state index in [4.69, 9.17) is 117 Å². The van der Waals surface area contributed by atoms with Crippen molar-refractivity contribution in [3.63, 3.8) is 0 Å². The van der Waals surface area contributed by atoms with Gasteiger partial charge in [0, 0.05) is 135 Å². The molecule has 2 fully saturated rings. The standard InChI is InChI=1S/C75H105Cl2N15O15/c1-57(73(78)79)74-86-67-11-9-61(77)55-65(67)72(88-74)59-5-3-7-63(53-59)92-22-18-90(19-23-92)25-31-100-37-43-104-41-35-98-29-15-83-70(94)13-27-96-33-39-102-45-47-106-49-51-107-50-48-105-46-44-101-38-32-95-26-12-69(93)82-14-28-97-34-40-103-42-36-99-30-24-89-16-20-91(21-17-89)62-6-2-4-58(52-62)71-64-54-60(76)8-10-66(64)85-68(87-71)56-84-75(80)81/h2-11,52-56H,1,12-51H2,(H3,78,79)(H3,80,81)(H,82,93)(H,83,94). The molecule has 2 aliphatic rings. The quantitative estimate of drug-likeness (QED) is 0.0153. The highest BCUT2D eigenvalue weighted by Gasteiger charge is 2.22. The number of amides is 2. The summed E-state index contributed by atoms with van der Waals surface area (Å²) in [5.74, 6) is -0.0461. The number of nitrogens with zero attached hydrogens (tertiary/aromatic N) is 9. The third-order valence-corrected chi connectivity index (χ3v) is 17.3. The van der Waals surface area contributed by atoms with Gasteiger partial charge in [-0.2, -0.15) is 0 Å². The fraction of sp³-hybridized carbons (Fsp3) is 0.533. The highest BCUT2D eigenvalue weighted by Crippen LogP contribution is 2.34. The fourth-order valence-corrected chi connectivity index (χ4v) is 11.5. The number of anilines is 2. The van der Waals surface area contributed by atoms with Gasteiger partial charge in [-0.25, -0.2) is 24.9 Å². The first-order valence-corrected chi connectivity index (χ1v) is 37.2. The maximum atomic E-state index is 12.2. The zero-order valence-electron chi connectivity index (χ0n) is 61.2. The van der Waals surface area contributed by atoms with E-state index in [2.05, 4.69) is 76.0 Å². The summed E-state index contributed by atoms with van der Waals surface area (Å²) >= 11 is 12.8. The summed E-state index contributed by atoms with van der Waals surface area (Å²) in [5, 5.41) is 23.8. The van der Waals surface area contributed by atoms with Gasteiger partial charge in [0.1, 0.15) is 5.84 Å². The summed E-state index contributed by atoms with van der Waals surface area (Å²) in [6.07, 6.45) is 1.89. The summed E-state index contributed by atoms with van der Waals surface area (Å²) in [7, 11) is 0. The van der Waals surface area contributed by atoms with E-state index in [0.717, 1.165) is 110 Å². The van der Waals surface area contributed by atoms with Crippen LogP contribution < -0.4 is 31.9 Å². The second-order valence-electron chi connectivity index (χ2n) is 24.6.